The SMILES string of the molecule is O=C1CCc2cc(NS(=O)(=O)c3ccccc3Br)ccc2N1Cc1ccccc1. The molecule has 0 saturated heterocycles. The lowest BCUT2D eigenvalue weighted by Crippen LogP contribution is -2.34. The van der Waals surface area contributed by atoms with Crippen LogP contribution < -0.4 is 9.62 Å². The van der Waals surface area contributed by atoms with Crippen LogP contribution in [0.1, 0.15) is 17.5 Å². The van der Waals surface area contributed by atoms with Crippen molar-refractivity contribution in [3.05, 3.63) is 88.4 Å². The minimum atomic E-state index is -3.72. The summed E-state index contributed by atoms with van der Waals surface area (Å²) in [5.74, 6) is 0.0721. The van der Waals surface area contributed by atoms with E-state index >= 15 is 0 Å². The summed E-state index contributed by atoms with van der Waals surface area (Å²) in [6.07, 6.45) is 0.990. The van der Waals surface area contributed by atoms with Gasteiger partial charge < -0.3 is 4.90 Å². The molecular formula is C22H19BrN2O3S. The summed E-state index contributed by atoms with van der Waals surface area (Å²) in [5, 5.41) is 0. The number of rotatable bonds is 5. The molecule has 1 N–H and O–H groups in total. The summed E-state index contributed by atoms with van der Waals surface area (Å²) >= 11 is 3.29. The Morgan fingerprint density at radius 1 is 0.931 bits per heavy atom. The second-order valence-electron chi connectivity index (χ2n) is 6.84. The molecule has 1 aliphatic heterocycles. The summed E-state index contributed by atoms with van der Waals surface area (Å²) in [6, 6.07) is 21.8. The summed E-state index contributed by atoms with van der Waals surface area (Å²) in [4.78, 5) is 14.5. The van der Waals surface area contributed by atoms with Gasteiger partial charge in [0.05, 0.1) is 6.54 Å². The highest BCUT2D eigenvalue weighted by Crippen LogP contribution is 2.32. The van der Waals surface area contributed by atoms with E-state index in [0.717, 1.165) is 16.8 Å². The van der Waals surface area contributed by atoms with Gasteiger partial charge in [0, 0.05) is 22.3 Å². The Morgan fingerprint density at radius 2 is 1.66 bits per heavy atom. The molecule has 29 heavy (non-hydrogen) atoms. The van der Waals surface area contributed by atoms with Gasteiger partial charge in [-0.2, -0.15) is 0 Å². The zero-order valence-electron chi connectivity index (χ0n) is 15.5. The summed E-state index contributed by atoms with van der Waals surface area (Å²) in [5.41, 5.74) is 3.31. The molecule has 1 amide bonds. The number of hydrogen-bond acceptors (Lipinski definition) is 3. The van der Waals surface area contributed by atoms with E-state index in [1.54, 1.807) is 35.2 Å². The molecule has 1 aliphatic rings. The number of halogens is 1. The molecular weight excluding hydrogens is 452 g/mol. The first-order valence-electron chi connectivity index (χ1n) is 9.18. The average molecular weight is 471 g/mol. The lowest BCUT2D eigenvalue weighted by atomic mass is 10.00. The molecule has 0 aromatic heterocycles. The van der Waals surface area contributed by atoms with E-state index in [9.17, 15) is 13.2 Å². The number of carbonyl (C=O) groups excluding carboxylic acids is 1. The second kappa shape index (κ2) is 8.00. The Bertz CT molecular complexity index is 1160. The number of amides is 1. The molecule has 0 aliphatic carbocycles. The van der Waals surface area contributed by atoms with E-state index in [2.05, 4.69) is 20.7 Å². The molecule has 148 valence electrons. The first-order valence-corrected chi connectivity index (χ1v) is 11.5. The van der Waals surface area contributed by atoms with Gasteiger partial charge >= 0.3 is 0 Å². The predicted molar refractivity (Wildman–Crippen MR) is 117 cm³/mol. The highest BCUT2D eigenvalue weighted by Gasteiger charge is 2.25. The Balaban J connectivity index is 1.62. The van der Waals surface area contributed by atoms with Crippen LogP contribution >= 0.6 is 15.9 Å². The van der Waals surface area contributed by atoms with Crippen molar-refractivity contribution < 1.29 is 13.2 Å². The van der Waals surface area contributed by atoms with E-state index in [1.165, 1.54) is 0 Å². The maximum atomic E-state index is 12.7. The van der Waals surface area contributed by atoms with Crippen LogP contribution in [0.2, 0.25) is 0 Å². The number of sulfonamides is 1. The Hall–Kier alpha value is -2.64. The molecule has 7 heteroatoms. The molecule has 0 unspecified atom stereocenters. The van der Waals surface area contributed by atoms with Crippen LogP contribution in [0.3, 0.4) is 0 Å². The molecule has 0 fully saturated rings. The van der Waals surface area contributed by atoms with Gasteiger partial charge in [0.25, 0.3) is 10.0 Å². The van der Waals surface area contributed by atoms with Crippen molar-refractivity contribution in [2.24, 2.45) is 0 Å². The molecule has 0 radical (unpaired) electrons. The van der Waals surface area contributed by atoms with Crippen molar-refractivity contribution in [3.63, 3.8) is 0 Å². The lowest BCUT2D eigenvalue weighted by molar-refractivity contribution is -0.119. The second-order valence-corrected chi connectivity index (χ2v) is 9.35. The number of nitrogens with one attached hydrogen (secondary N) is 1. The number of nitrogens with zero attached hydrogens (tertiary/aromatic N) is 1. The fraction of sp³-hybridized carbons (Fsp3) is 0.136. The van der Waals surface area contributed by atoms with Gasteiger partial charge in [-0.1, -0.05) is 42.5 Å². The van der Waals surface area contributed by atoms with Crippen molar-refractivity contribution >= 4 is 43.2 Å². The van der Waals surface area contributed by atoms with Crippen molar-refractivity contribution in [1.82, 2.24) is 0 Å². The van der Waals surface area contributed by atoms with Crippen LogP contribution in [0.5, 0.6) is 0 Å². The van der Waals surface area contributed by atoms with Crippen LogP contribution in [-0.4, -0.2) is 14.3 Å². The van der Waals surface area contributed by atoms with E-state index in [-0.39, 0.29) is 10.8 Å². The van der Waals surface area contributed by atoms with Gasteiger partial charge in [0.15, 0.2) is 0 Å². The van der Waals surface area contributed by atoms with E-state index in [0.29, 0.717) is 29.5 Å². The normalized spacial score (nSPS) is 13.8. The zero-order chi connectivity index (χ0) is 20.4. The first-order chi connectivity index (χ1) is 13.9. The standard InChI is InChI=1S/C22H19BrN2O3S/c23-19-8-4-5-9-21(19)29(27,28)24-18-11-12-20-17(14-18)10-13-22(26)25(20)15-16-6-2-1-3-7-16/h1-9,11-12,14,24H,10,13,15H2. The molecule has 0 bridgehead atoms. The molecule has 4 rings (SSSR count). The summed E-state index contributed by atoms with van der Waals surface area (Å²) in [7, 11) is -3.72. The smallest absolute Gasteiger partial charge is 0.263 e. The number of benzene rings is 3. The maximum absolute atomic E-state index is 12.7. The monoisotopic (exact) mass is 470 g/mol. The number of carbonyl (C=O) groups is 1. The van der Waals surface area contributed by atoms with Crippen molar-refractivity contribution in [3.8, 4) is 0 Å². The van der Waals surface area contributed by atoms with Gasteiger partial charge in [-0.05, 0) is 63.8 Å². The first kappa shape index (κ1) is 19.7. The van der Waals surface area contributed by atoms with Crippen molar-refractivity contribution in [1.29, 1.82) is 0 Å². The van der Waals surface area contributed by atoms with E-state index in [4.69, 9.17) is 0 Å². The van der Waals surface area contributed by atoms with Gasteiger partial charge in [-0.25, -0.2) is 8.42 Å². The molecule has 5 nitrogen and oxygen atoms in total. The van der Waals surface area contributed by atoms with Crippen molar-refractivity contribution in [2.75, 3.05) is 9.62 Å². The van der Waals surface area contributed by atoms with Crippen molar-refractivity contribution in [2.45, 2.75) is 24.3 Å². The van der Waals surface area contributed by atoms with Crippen LogP contribution in [0.4, 0.5) is 11.4 Å². The fourth-order valence-corrected chi connectivity index (χ4v) is 5.49. The van der Waals surface area contributed by atoms with Crippen LogP contribution in [0.25, 0.3) is 0 Å². The summed E-state index contributed by atoms with van der Waals surface area (Å²) < 4.78 is 28.6. The third kappa shape index (κ3) is 4.21. The fourth-order valence-electron chi connectivity index (χ4n) is 3.44. The average Bonchev–Trinajstić information content (AvgIpc) is 2.71. The van der Waals surface area contributed by atoms with Gasteiger partial charge in [0.2, 0.25) is 5.91 Å². The Kier molecular flexibility index (Phi) is 5.43. The third-order valence-corrected chi connectivity index (χ3v) is 7.23. The van der Waals surface area contributed by atoms with Gasteiger partial charge in [0.1, 0.15) is 4.90 Å². The molecule has 3 aromatic carbocycles. The minimum absolute atomic E-state index is 0.0721. The van der Waals surface area contributed by atoms with Crippen LogP contribution in [-0.2, 0) is 27.8 Å². The molecule has 0 atom stereocenters. The predicted octanol–water partition coefficient (Wildman–Crippen LogP) is 4.73. The Morgan fingerprint density at radius 3 is 2.41 bits per heavy atom. The number of fused-ring (bicyclic) bond motifs is 1. The highest BCUT2D eigenvalue weighted by atomic mass is 79.9. The molecule has 0 saturated carbocycles. The van der Waals surface area contributed by atoms with E-state index in [1.807, 2.05) is 42.5 Å². The largest absolute Gasteiger partial charge is 0.308 e. The van der Waals surface area contributed by atoms with Crippen LogP contribution in [0, 0.1) is 0 Å². The van der Waals surface area contributed by atoms with Gasteiger partial charge in [-0.3, -0.25) is 9.52 Å². The highest BCUT2D eigenvalue weighted by molar-refractivity contribution is 9.10. The third-order valence-electron chi connectivity index (χ3n) is 4.84. The molecule has 0 spiro atoms. The van der Waals surface area contributed by atoms with Crippen LogP contribution in [0.15, 0.2) is 82.2 Å². The Labute approximate surface area is 178 Å². The molecule has 3 aromatic rings. The molecule has 1 heterocycles. The summed E-state index contributed by atoms with van der Waals surface area (Å²) in [6.45, 7) is 0.495. The topological polar surface area (TPSA) is 66.5 Å². The zero-order valence-corrected chi connectivity index (χ0v) is 17.9. The lowest BCUT2D eigenvalue weighted by Gasteiger charge is -2.30. The van der Waals surface area contributed by atoms with Gasteiger partial charge in [-0.15, -0.1) is 0 Å². The number of aryl methyl sites for hydroxylation is 1. The number of hydrogen-bond donors (Lipinski definition) is 1. The minimum Gasteiger partial charge on any atom is -0.308 e. The maximum Gasteiger partial charge on any atom is 0.263 e. The quantitative estimate of drug-likeness (QED) is 0.585. The van der Waals surface area contributed by atoms with E-state index < -0.39 is 10.0 Å². The number of anilines is 2.